The number of pyridine rings is 1. The molecule has 0 unspecified atom stereocenters. The summed E-state index contributed by atoms with van der Waals surface area (Å²) in [5, 5.41) is 3.05. The number of ether oxygens (including phenoxy) is 1. The summed E-state index contributed by atoms with van der Waals surface area (Å²) in [6.07, 6.45) is 1.58. The highest BCUT2D eigenvalue weighted by molar-refractivity contribution is 5.99. The van der Waals surface area contributed by atoms with Gasteiger partial charge in [-0.2, -0.15) is 0 Å². The van der Waals surface area contributed by atoms with E-state index >= 15 is 0 Å². The molecule has 0 aliphatic rings. The smallest absolute Gasteiger partial charge is 0.203 e. The fraction of sp³-hybridized carbons (Fsp3) is 0.143. The summed E-state index contributed by atoms with van der Waals surface area (Å²) in [6, 6.07) is 13.0. The molecule has 0 radical (unpaired) electrons. The van der Waals surface area contributed by atoms with Crippen molar-refractivity contribution in [3.63, 3.8) is 0 Å². The third-order valence-electron chi connectivity index (χ3n) is 2.48. The number of ketones is 1. The minimum absolute atomic E-state index is 0.101. The lowest BCUT2D eigenvalue weighted by atomic mass is 10.2. The number of para-hydroxylation sites is 1. The number of hydrogen-bond donors (Lipinski definition) is 1. The number of Topliss-reactive ketones (excluding diaryl/α,β-unsaturated/α-hetero) is 1. The Morgan fingerprint density at radius 1 is 1.22 bits per heavy atom. The summed E-state index contributed by atoms with van der Waals surface area (Å²) in [5.74, 6) is 0.397. The van der Waals surface area contributed by atoms with Crippen LogP contribution in [-0.4, -0.2) is 24.4 Å². The zero-order valence-corrected chi connectivity index (χ0v) is 10.1. The molecule has 1 aromatic heterocycles. The van der Waals surface area contributed by atoms with E-state index in [1.54, 1.807) is 18.3 Å². The normalized spacial score (nSPS) is 9.83. The van der Waals surface area contributed by atoms with Crippen LogP contribution in [-0.2, 0) is 0 Å². The Bertz CT molecular complexity index is 526. The van der Waals surface area contributed by atoms with Crippen molar-refractivity contribution in [1.29, 1.82) is 0 Å². The first kappa shape index (κ1) is 12.1. The Morgan fingerprint density at radius 2 is 2.00 bits per heavy atom. The number of benzene rings is 1. The molecule has 0 bridgehead atoms. The second-order valence-corrected chi connectivity index (χ2v) is 3.70. The maximum absolute atomic E-state index is 12.0. The molecule has 0 aliphatic carbocycles. The zero-order chi connectivity index (χ0) is 12.8. The molecule has 18 heavy (non-hydrogen) atoms. The molecule has 1 N–H and O–H groups in total. The summed E-state index contributed by atoms with van der Waals surface area (Å²) in [6.45, 7) is 0.192. The van der Waals surface area contributed by atoms with Crippen molar-refractivity contribution < 1.29 is 9.53 Å². The molecule has 0 saturated heterocycles. The molecule has 2 aromatic rings. The van der Waals surface area contributed by atoms with Gasteiger partial charge < -0.3 is 10.1 Å². The van der Waals surface area contributed by atoms with Crippen molar-refractivity contribution >= 4 is 11.5 Å². The number of methoxy groups -OCH3 is 1. The van der Waals surface area contributed by atoms with Crippen LogP contribution in [0.4, 0.5) is 5.69 Å². The summed E-state index contributed by atoms with van der Waals surface area (Å²) in [5.41, 5.74) is 1.25. The molecule has 4 heteroatoms. The van der Waals surface area contributed by atoms with E-state index in [4.69, 9.17) is 4.74 Å². The van der Waals surface area contributed by atoms with Gasteiger partial charge in [-0.3, -0.25) is 4.79 Å². The summed E-state index contributed by atoms with van der Waals surface area (Å²) < 4.78 is 5.11. The average Bonchev–Trinajstić information content (AvgIpc) is 2.45. The van der Waals surface area contributed by atoms with Crippen molar-refractivity contribution in [2.45, 2.75) is 0 Å². The van der Waals surface area contributed by atoms with Crippen molar-refractivity contribution in [3.05, 3.63) is 54.4 Å². The van der Waals surface area contributed by atoms with E-state index in [1.807, 2.05) is 30.3 Å². The van der Waals surface area contributed by atoms with E-state index in [0.29, 0.717) is 11.4 Å². The largest absolute Gasteiger partial charge is 0.494 e. The van der Waals surface area contributed by atoms with E-state index in [0.717, 1.165) is 5.69 Å². The molecule has 2 rings (SSSR count). The number of nitrogens with zero attached hydrogens (tertiary/aromatic N) is 1. The van der Waals surface area contributed by atoms with Crippen LogP contribution < -0.4 is 10.1 Å². The maximum atomic E-state index is 12.0. The third-order valence-corrected chi connectivity index (χ3v) is 2.48. The van der Waals surface area contributed by atoms with Gasteiger partial charge in [-0.15, -0.1) is 0 Å². The molecule has 0 fully saturated rings. The monoisotopic (exact) mass is 242 g/mol. The molecule has 1 heterocycles. The summed E-state index contributed by atoms with van der Waals surface area (Å²) in [7, 11) is 1.53. The Morgan fingerprint density at radius 3 is 2.72 bits per heavy atom. The lowest BCUT2D eigenvalue weighted by Gasteiger charge is -2.07. The number of rotatable bonds is 5. The quantitative estimate of drug-likeness (QED) is 0.818. The van der Waals surface area contributed by atoms with Crippen LogP contribution in [0.2, 0.25) is 0 Å². The van der Waals surface area contributed by atoms with Gasteiger partial charge >= 0.3 is 0 Å². The molecule has 0 amide bonds. The van der Waals surface area contributed by atoms with Gasteiger partial charge in [0.25, 0.3) is 0 Å². The molecule has 0 spiro atoms. The first-order valence-corrected chi connectivity index (χ1v) is 5.62. The molecular formula is C14H14N2O2. The van der Waals surface area contributed by atoms with E-state index in [-0.39, 0.29) is 12.3 Å². The highest BCUT2D eigenvalue weighted by Gasteiger charge is 2.12. The second kappa shape index (κ2) is 5.82. The van der Waals surface area contributed by atoms with Crippen LogP contribution >= 0.6 is 0 Å². The zero-order valence-electron chi connectivity index (χ0n) is 10.1. The fourth-order valence-corrected chi connectivity index (χ4v) is 1.59. The van der Waals surface area contributed by atoms with Crippen LogP contribution in [0.25, 0.3) is 0 Å². The van der Waals surface area contributed by atoms with Crippen molar-refractivity contribution in [1.82, 2.24) is 4.98 Å². The number of anilines is 1. The van der Waals surface area contributed by atoms with Gasteiger partial charge in [0.15, 0.2) is 0 Å². The Balaban J connectivity index is 2.04. The van der Waals surface area contributed by atoms with Crippen molar-refractivity contribution in [2.24, 2.45) is 0 Å². The van der Waals surface area contributed by atoms with Crippen LogP contribution in [0, 0.1) is 0 Å². The summed E-state index contributed by atoms with van der Waals surface area (Å²) in [4.78, 5) is 16.0. The minimum atomic E-state index is -0.101. The SMILES string of the molecule is COc1cccnc1C(=O)CNc1ccccc1. The molecule has 4 nitrogen and oxygen atoms in total. The van der Waals surface area contributed by atoms with Crippen molar-refractivity contribution in [2.75, 3.05) is 19.0 Å². The fourth-order valence-electron chi connectivity index (χ4n) is 1.59. The van der Waals surface area contributed by atoms with Crippen LogP contribution in [0.5, 0.6) is 5.75 Å². The Kier molecular flexibility index (Phi) is 3.91. The van der Waals surface area contributed by atoms with E-state index in [1.165, 1.54) is 7.11 Å². The standard InChI is InChI=1S/C14H14N2O2/c1-18-13-8-5-9-15-14(13)12(17)10-16-11-6-3-2-4-7-11/h2-9,16H,10H2,1H3. The van der Waals surface area contributed by atoms with Gasteiger partial charge in [-0.25, -0.2) is 4.98 Å². The first-order valence-electron chi connectivity index (χ1n) is 5.62. The van der Waals surface area contributed by atoms with Crippen molar-refractivity contribution in [3.8, 4) is 5.75 Å². The van der Waals surface area contributed by atoms with Crippen LogP contribution in [0.15, 0.2) is 48.7 Å². The predicted octanol–water partition coefficient (Wildman–Crippen LogP) is 2.39. The van der Waals surface area contributed by atoms with Gasteiger partial charge in [-0.05, 0) is 24.3 Å². The molecule has 1 aromatic carbocycles. The van der Waals surface area contributed by atoms with Gasteiger partial charge in [0.05, 0.1) is 13.7 Å². The van der Waals surface area contributed by atoms with Gasteiger partial charge in [-0.1, -0.05) is 18.2 Å². The van der Waals surface area contributed by atoms with Crippen LogP contribution in [0.1, 0.15) is 10.5 Å². The minimum Gasteiger partial charge on any atom is -0.494 e. The highest BCUT2D eigenvalue weighted by Crippen LogP contribution is 2.15. The van der Waals surface area contributed by atoms with Gasteiger partial charge in [0, 0.05) is 11.9 Å². The lowest BCUT2D eigenvalue weighted by molar-refractivity contribution is 0.0998. The average molecular weight is 242 g/mol. The number of nitrogens with one attached hydrogen (secondary N) is 1. The van der Waals surface area contributed by atoms with E-state index in [9.17, 15) is 4.79 Å². The number of carbonyl (C=O) groups is 1. The topological polar surface area (TPSA) is 51.2 Å². The molecule has 92 valence electrons. The first-order chi connectivity index (χ1) is 8.81. The predicted molar refractivity (Wildman–Crippen MR) is 70.1 cm³/mol. The molecule has 0 aliphatic heterocycles. The molecular weight excluding hydrogens is 228 g/mol. The van der Waals surface area contributed by atoms with E-state index < -0.39 is 0 Å². The van der Waals surface area contributed by atoms with Crippen LogP contribution in [0.3, 0.4) is 0 Å². The molecule has 0 atom stereocenters. The highest BCUT2D eigenvalue weighted by atomic mass is 16.5. The number of aromatic nitrogens is 1. The lowest BCUT2D eigenvalue weighted by Crippen LogP contribution is -2.16. The summed E-state index contributed by atoms with van der Waals surface area (Å²) >= 11 is 0. The van der Waals surface area contributed by atoms with E-state index in [2.05, 4.69) is 10.3 Å². The maximum Gasteiger partial charge on any atom is 0.203 e. The number of hydrogen-bond acceptors (Lipinski definition) is 4. The Labute approximate surface area is 106 Å². The third kappa shape index (κ3) is 2.85. The second-order valence-electron chi connectivity index (χ2n) is 3.70. The molecule has 0 saturated carbocycles. The van der Waals surface area contributed by atoms with Gasteiger partial charge in [0.1, 0.15) is 11.4 Å². The Hall–Kier alpha value is -2.36. The van der Waals surface area contributed by atoms with Gasteiger partial charge in [0.2, 0.25) is 5.78 Å². The number of carbonyl (C=O) groups excluding carboxylic acids is 1.